The Balaban J connectivity index is 0.00000596. The van der Waals surface area contributed by atoms with Crippen molar-refractivity contribution in [2.24, 2.45) is 16.5 Å². The minimum atomic E-state index is -3.98. The maximum absolute atomic E-state index is 13.4. The lowest BCUT2D eigenvalue weighted by atomic mass is 10.1. The molecule has 1 rings (SSSR count). The number of nitrogens with one attached hydrogen (secondary N) is 1. The van der Waals surface area contributed by atoms with Crippen molar-refractivity contribution in [1.82, 2.24) is 9.62 Å². The van der Waals surface area contributed by atoms with Crippen molar-refractivity contribution in [2.75, 3.05) is 19.6 Å². The van der Waals surface area contributed by atoms with Crippen LogP contribution in [0.25, 0.3) is 0 Å². The van der Waals surface area contributed by atoms with Gasteiger partial charge in [0.05, 0.1) is 4.90 Å². The zero-order valence-corrected chi connectivity index (χ0v) is 22.5. The second kappa shape index (κ2) is 15.7. The van der Waals surface area contributed by atoms with Crippen LogP contribution in [-0.2, 0) is 24.3 Å². The molecule has 0 aromatic heterocycles. The summed E-state index contributed by atoms with van der Waals surface area (Å²) in [4.78, 5) is 31.2. The van der Waals surface area contributed by atoms with Crippen molar-refractivity contribution < 1.29 is 22.7 Å². The first-order valence-electron chi connectivity index (χ1n) is 11.6. The molecule has 13 heteroatoms. The number of aliphatic imine (C=N–C) groups is 1. The third-order valence-corrected chi connectivity index (χ3v) is 6.19. The molecule has 1 aromatic carbocycles. The summed E-state index contributed by atoms with van der Waals surface area (Å²) in [7, 11) is -3.98. The average molecular weight is 526 g/mol. The number of nitrogens with zero attached hydrogens (tertiary/aromatic N) is 4. The quantitative estimate of drug-likeness (QED) is 0.112. The van der Waals surface area contributed by atoms with Crippen molar-refractivity contribution in [3.05, 3.63) is 29.8 Å². The number of carbonyl (C=O) groups is 2. The summed E-state index contributed by atoms with van der Waals surface area (Å²) >= 11 is 0. The molecular formula is C23H39N7O5S. The molecule has 0 radical (unpaired) electrons. The van der Waals surface area contributed by atoms with Crippen LogP contribution in [0.1, 0.15) is 58.9 Å². The molecule has 0 heterocycles. The molecule has 12 nitrogen and oxygen atoms in total. The van der Waals surface area contributed by atoms with Gasteiger partial charge in [-0.15, -0.1) is 0 Å². The number of ether oxygens (including phenoxy) is 1. The minimum absolute atomic E-state index is 0.0485. The number of guanidine groups is 1. The molecule has 0 bridgehead atoms. The van der Waals surface area contributed by atoms with E-state index in [1.165, 1.54) is 17.0 Å². The molecule has 1 aromatic rings. The van der Waals surface area contributed by atoms with E-state index in [4.69, 9.17) is 27.0 Å². The van der Waals surface area contributed by atoms with Gasteiger partial charge in [0.25, 0.3) is 0 Å². The normalized spacial score (nSPS) is 12.0. The Bertz CT molecular complexity index is 982. The standard InChI is InChI=1S/C23H39N5O5S.N2/c1-6-7-15-28(16-20(29)33-23(3,4)5)21(30)19(9-8-14-26-22(24)25)27-34(31,32)18-12-10-17(2)11-13-18;1-2/h10-13,19,27H,6-9,14-16H2,1-5H3,(H4,24,25,26);/t19-;/m0./s1. The first kappa shape index (κ1) is 32.8. The van der Waals surface area contributed by atoms with Gasteiger partial charge in [0.2, 0.25) is 15.9 Å². The minimum Gasteiger partial charge on any atom is -0.459 e. The molecule has 0 saturated carbocycles. The fourth-order valence-corrected chi connectivity index (χ4v) is 4.30. The van der Waals surface area contributed by atoms with Crippen LogP contribution < -0.4 is 16.2 Å². The Kier molecular flexibility index (Phi) is 14.3. The van der Waals surface area contributed by atoms with E-state index in [9.17, 15) is 18.0 Å². The number of sulfonamides is 1. The Morgan fingerprint density at radius 1 is 1.14 bits per heavy atom. The van der Waals surface area contributed by atoms with E-state index in [-0.39, 0.29) is 30.4 Å². The molecule has 202 valence electrons. The van der Waals surface area contributed by atoms with E-state index >= 15 is 0 Å². The van der Waals surface area contributed by atoms with E-state index in [0.717, 1.165) is 12.0 Å². The second-order valence-corrected chi connectivity index (χ2v) is 10.8. The number of rotatable bonds is 13. The lowest BCUT2D eigenvalue weighted by molar-refractivity contribution is -0.159. The lowest BCUT2D eigenvalue weighted by Gasteiger charge is -2.28. The van der Waals surface area contributed by atoms with Gasteiger partial charge in [-0.3, -0.25) is 14.6 Å². The number of carbonyl (C=O) groups excluding carboxylic acids is 2. The van der Waals surface area contributed by atoms with E-state index in [1.807, 2.05) is 13.8 Å². The van der Waals surface area contributed by atoms with Crippen LogP contribution in [0, 0.1) is 17.7 Å². The Morgan fingerprint density at radius 2 is 1.72 bits per heavy atom. The van der Waals surface area contributed by atoms with Crippen LogP contribution in [-0.4, -0.2) is 62.4 Å². The fraction of sp³-hybridized carbons (Fsp3) is 0.609. The van der Waals surface area contributed by atoms with Gasteiger partial charge in [-0.25, -0.2) is 8.42 Å². The first-order chi connectivity index (χ1) is 16.7. The highest BCUT2D eigenvalue weighted by Gasteiger charge is 2.31. The summed E-state index contributed by atoms with van der Waals surface area (Å²) in [6.45, 7) is 9.30. The van der Waals surface area contributed by atoms with E-state index in [1.54, 1.807) is 32.9 Å². The zero-order valence-electron chi connectivity index (χ0n) is 21.7. The van der Waals surface area contributed by atoms with Crippen molar-refractivity contribution in [3.63, 3.8) is 0 Å². The van der Waals surface area contributed by atoms with Crippen LogP contribution in [0.5, 0.6) is 0 Å². The summed E-state index contributed by atoms with van der Waals surface area (Å²) in [6, 6.07) is 5.22. The van der Waals surface area contributed by atoms with Gasteiger partial charge in [-0.05, 0) is 59.1 Å². The molecular weight excluding hydrogens is 486 g/mol. The summed E-state index contributed by atoms with van der Waals surface area (Å²) in [5.41, 5.74) is 10.9. The van der Waals surface area contributed by atoms with Gasteiger partial charge in [0, 0.05) is 23.9 Å². The molecule has 0 unspecified atom stereocenters. The van der Waals surface area contributed by atoms with Crippen LogP contribution in [0.2, 0.25) is 0 Å². The monoisotopic (exact) mass is 525 g/mol. The van der Waals surface area contributed by atoms with E-state index in [2.05, 4.69) is 9.71 Å². The first-order valence-corrected chi connectivity index (χ1v) is 13.1. The summed E-state index contributed by atoms with van der Waals surface area (Å²) < 4.78 is 33.9. The summed E-state index contributed by atoms with van der Waals surface area (Å²) in [5.74, 6) is -1.14. The van der Waals surface area contributed by atoms with Crippen molar-refractivity contribution in [2.45, 2.75) is 76.8 Å². The van der Waals surface area contributed by atoms with Crippen LogP contribution in [0.4, 0.5) is 0 Å². The third kappa shape index (κ3) is 13.0. The predicted molar refractivity (Wildman–Crippen MR) is 136 cm³/mol. The number of aryl methyl sites for hydroxylation is 1. The summed E-state index contributed by atoms with van der Waals surface area (Å²) in [6.07, 6.45) is 1.96. The number of unbranched alkanes of at least 4 members (excludes halogenated alkanes) is 1. The SMILES string of the molecule is CCCCN(CC(=O)OC(C)(C)C)C(=O)[C@H](CCCN=C(N)N)NS(=O)(=O)c1ccc(C)cc1.N#N. The van der Waals surface area contributed by atoms with Gasteiger partial charge in [0.15, 0.2) is 5.96 Å². The van der Waals surface area contributed by atoms with Crippen molar-refractivity contribution in [1.29, 1.82) is 10.8 Å². The van der Waals surface area contributed by atoms with Crippen LogP contribution in [0.15, 0.2) is 34.2 Å². The van der Waals surface area contributed by atoms with E-state index in [0.29, 0.717) is 19.4 Å². The van der Waals surface area contributed by atoms with Gasteiger partial charge in [0.1, 0.15) is 18.2 Å². The van der Waals surface area contributed by atoms with E-state index < -0.39 is 33.5 Å². The fourth-order valence-electron chi connectivity index (χ4n) is 3.08. The van der Waals surface area contributed by atoms with Crippen LogP contribution in [0.3, 0.4) is 0 Å². The molecule has 0 aliphatic rings. The van der Waals surface area contributed by atoms with Gasteiger partial charge in [-0.1, -0.05) is 31.0 Å². The molecule has 1 atom stereocenters. The Morgan fingerprint density at radius 3 is 2.22 bits per heavy atom. The highest BCUT2D eigenvalue weighted by atomic mass is 32.2. The molecule has 5 N–H and O–H groups in total. The maximum atomic E-state index is 13.4. The smallest absolute Gasteiger partial charge is 0.326 e. The average Bonchev–Trinajstić information content (AvgIpc) is 2.78. The molecule has 36 heavy (non-hydrogen) atoms. The van der Waals surface area contributed by atoms with Crippen molar-refractivity contribution in [3.8, 4) is 0 Å². The molecule has 0 fully saturated rings. The third-order valence-electron chi connectivity index (χ3n) is 4.71. The largest absolute Gasteiger partial charge is 0.459 e. The second-order valence-electron chi connectivity index (χ2n) is 9.14. The predicted octanol–water partition coefficient (Wildman–Crippen LogP) is 1.70. The zero-order chi connectivity index (χ0) is 27.9. The topological polar surface area (TPSA) is 205 Å². The number of hydrogen-bond acceptors (Lipinski definition) is 8. The molecule has 0 aliphatic carbocycles. The highest BCUT2D eigenvalue weighted by molar-refractivity contribution is 7.89. The number of benzene rings is 1. The number of esters is 1. The number of amides is 1. The summed E-state index contributed by atoms with van der Waals surface area (Å²) in [5, 5.41) is 12.0. The molecule has 0 saturated heterocycles. The maximum Gasteiger partial charge on any atom is 0.326 e. The number of hydrogen-bond donors (Lipinski definition) is 3. The molecule has 0 aliphatic heterocycles. The van der Waals surface area contributed by atoms with Gasteiger partial charge < -0.3 is 21.1 Å². The Labute approximate surface area is 213 Å². The molecule has 1 amide bonds. The molecule has 0 spiro atoms. The van der Waals surface area contributed by atoms with Gasteiger partial charge >= 0.3 is 5.97 Å². The number of nitrogens with two attached hydrogens (primary N) is 2. The lowest BCUT2D eigenvalue weighted by Crippen LogP contribution is -2.50. The Hall–Kier alpha value is -3.24. The van der Waals surface area contributed by atoms with Gasteiger partial charge in [-0.2, -0.15) is 4.72 Å². The van der Waals surface area contributed by atoms with Crippen molar-refractivity contribution >= 4 is 27.9 Å². The highest BCUT2D eigenvalue weighted by Crippen LogP contribution is 2.15. The van der Waals surface area contributed by atoms with Crippen LogP contribution >= 0.6 is 0 Å².